The van der Waals surface area contributed by atoms with Crippen LogP contribution in [0.2, 0.25) is 0 Å². The van der Waals surface area contributed by atoms with Crippen molar-refractivity contribution in [2.75, 3.05) is 6.54 Å². The van der Waals surface area contributed by atoms with Gasteiger partial charge in [-0.3, -0.25) is 9.78 Å². The number of nitrogens with one attached hydrogen (secondary N) is 1. The topological polar surface area (TPSA) is 68.0 Å². The van der Waals surface area contributed by atoms with Gasteiger partial charge >= 0.3 is 0 Å². The molecule has 0 aromatic carbocycles. The van der Waals surface area contributed by atoms with Gasteiger partial charge < -0.3 is 11.1 Å². The molecule has 17 heavy (non-hydrogen) atoms. The molecule has 0 fully saturated rings. The highest BCUT2D eigenvalue weighted by atomic mass is 16.1. The van der Waals surface area contributed by atoms with Crippen molar-refractivity contribution in [1.82, 2.24) is 10.3 Å². The van der Waals surface area contributed by atoms with Crippen molar-refractivity contribution in [3.05, 3.63) is 30.1 Å². The first-order valence-corrected chi connectivity index (χ1v) is 6.09. The Labute approximate surface area is 103 Å². The molecule has 0 aliphatic rings. The van der Waals surface area contributed by atoms with Crippen molar-refractivity contribution >= 4 is 5.91 Å². The van der Waals surface area contributed by atoms with Gasteiger partial charge in [-0.15, -0.1) is 0 Å². The predicted octanol–water partition coefficient (Wildman–Crippen LogP) is 1.43. The molecule has 1 aromatic heterocycles. The van der Waals surface area contributed by atoms with Gasteiger partial charge in [0.1, 0.15) is 0 Å². The zero-order valence-corrected chi connectivity index (χ0v) is 10.5. The quantitative estimate of drug-likeness (QED) is 0.783. The molecule has 0 aliphatic heterocycles. The molecule has 1 aromatic rings. The lowest BCUT2D eigenvalue weighted by Crippen LogP contribution is -2.36. The lowest BCUT2D eigenvalue weighted by Gasteiger charge is -2.19. The lowest BCUT2D eigenvalue weighted by atomic mass is 9.96. The standard InChI is InChI=1S/C13H21N3O/c1-3-10(2)16-13(17)12(6-7-14)11-5-4-8-15-9-11/h4-5,8-10,12H,3,6-7,14H2,1-2H3,(H,16,17). The van der Waals surface area contributed by atoms with Gasteiger partial charge in [0.25, 0.3) is 0 Å². The Balaban J connectivity index is 2.75. The molecule has 0 spiro atoms. The van der Waals surface area contributed by atoms with E-state index in [9.17, 15) is 4.79 Å². The van der Waals surface area contributed by atoms with Crippen LogP contribution in [0.3, 0.4) is 0 Å². The number of pyridine rings is 1. The van der Waals surface area contributed by atoms with E-state index in [1.165, 1.54) is 0 Å². The summed E-state index contributed by atoms with van der Waals surface area (Å²) in [5.74, 6) is -0.152. The van der Waals surface area contributed by atoms with Crippen LogP contribution in [0, 0.1) is 0 Å². The monoisotopic (exact) mass is 235 g/mol. The van der Waals surface area contributed by atoms with Gasteiger partial charge in [-0.25, -0.2) is 0 Å². The maximum absolute atomic E-state index is 12.1. The summed E-state index contributed by atoms with van der Waals surface area (Å²) < 4.78 is 0. The number of amides is 1. The van der Waals surface area contributed by atoms with E-state index >= 15 is 0 Å². The van der Waals surface area contributed by atoms with Crippen LogP contribution in [-0.4, -0.2) is 23.5 Å². The Bertz CT molecular complexity index is 340. The minimum absolute atomic E-state index is 0.0396. The molecular weight excluding hydrogens is 214 g/mol. The fourth-order valence-corrected chi connectivity index (χ4v) is 1.64. The summed E-state index contributed by atoms with van der Waals surface area (Å²) in [4.78, 5) is 16.2. The van der Waals surface area contributed by atoms with Crippen LogP contribution in [0.25, 0.3) is 0 Å². The molecule has 94 valence electrons. The van der Waals surface area contributed by atoms with Gasteiger partial charge in [-0.05, 0) is 37.9 Å². The Morgan fingerprint density at radius 3 is 2.88 bits per heavy atom. The second-order valence-electron chi connectivity index (χ2n) is 4.23. The molecule has 1 heterocycles. The minimum Gasteiger partial charge on any atom is -0.353 e. The smallest absolute Gasteiger partial charge is 0.227 e. The number of hydrogen-bond donors (Lipinski definition) is 2. The average Bonchev–Trinajstić information content (AvgIpc) is 2.36. The second-order valence-corrected chi connectivity index (χ2v) is 4.23. The molecule has 2 atom stereocenters. The number of carbonyl (C=O) groups excluding carboxylic acids is 1. The number of carbonyl (C=O) groups is 1. The predicted molar refractivity (Wildman–Crippen MR) is 68.5 cm³/mol. The van der Waals surface area contributed by atoms with Gasteiger partial charge in [0, 0.05) is 18.4 Å². The summed E-state index contributed by atoms with van der Waals surface area (Å²) in [5.41, 5.74) is 6.50. The molecule has 3 N–H and O–H groups in total. The van der Waals surface area contributed by atoms with Crippen molar-refractivity contribution in [3.8, 4) is 0 Å². The van der Waals surface area contributed by atoms with Crippen LogP contribution >= 0.6 is 0 Å². The van der Waals surface area contributed by atoms with Crippen LogP contribution in [0.1, 0.15) is 38.2 Å². The SMILES string of the molecule is CCC(C)NC(=O)C(CCN)c1cccnc1. The molecular formula is C13H21N3O. The third kappa shape index (κ3) is 4.15. The molecule has 1 amide bonds. The molecule has 1 rings (SSSR count). The van der Waals surface area contributed by atoms with Crippen molar-refractivity contribution in [2.24, 2.45) is 5.73 Å². The summed E-state index contributed by atoms with van der Waals surface area (Å²) in [6, 6.07) is 3.96. The molecule has 0 saturated carbocycles. The fourth-order valence-electron chi connectivity index (χ4n) is 1.64. The Kier molecular flexibility index (Phi) is 5.63. The van der Waals surface area contributed by atoms with Gasteiger partial charge in [-0.1, -0.05) is 13.0 Å². The van der Waals surface area contributed by atoms with E-state index in [4.69, 9.17) is 5.73 Å². The summed E-state index contributed by atoms with van der Waals surface area (Å²) in [5, 5.41) is 2.99. The summed E-state index contributed by atoms with van der Waals surface area (Å²) in [6.45, 7) is 4.54. The third-order valence-corrected chi connectivity index (χ3v) is 2.86. The van der Waals surface area contributed by atoms with Crippen LogP contribution in [0.5, 0.6) is 0 Å². The highest BCUT2D eigenvalue weighted by molar-refractivity contribution is 5.83. The molecule has 4 nitrogen and oxygen atoms in total. The highest BCUT2D eigenvalue weighted by Crippen LogP contribution is 2.18. The fraction of sp³-hybridized carbons (Fsp3) is 0.538. The van der Waals surface area contributed by atoms with Crippen LogP contribution in [-0.2, 0) is 4.79 Å². The first-order chi connectivity index (χ1) is 8.19. The molecule has 4 heteroatoms. The van der Waals surface area contributed by atoms with Crippen LogP contribution < -0.4 is 11.1 Å². The first-order valence-electron chi connectivity index (χ1n) is 6.09. The summed E-state index contributed by atoms with van der Waals surface area (Å²) in [7, 11) is 0. The van der Waals surface area contributed by atoms with E-state index in [1.54, 1.807) is 12.4 Å². The van der Waals surface area contributed by atoms with Crippen molar-refractivity contribution in [3.63, 3.8) is 0 Å². The molecule has 0 radical (unpaired) electrons. The van der Waals surface area contributed by atoms with Gasteiger partial charge in [0.2, 0.25) is 5.91 Å². The number of rotatable bonds is 6. The zero-order chi connectivity index (χ0) is 12.7. The molecule has 2 unspecified atom stereocenters. The van der Waals surface area contributed by atoms with Crippen molar-refractivity contribution in [2.45, 2.75) is 38.6 Å². The normalized spacial score (nSPS) is 14.1. The van der Waals surface area contributed by atoms with Gasteiger partial charge in [0.15, 0.2) is 0 Å². The summed E-state index contributed by atoms with van der Waals surface area (Å²) >= 11 is 0. The molecule has 0 aliphatic carbocycles. The van der Waals surface area contributed by atoms with E-state index in [0.717, 1.165) is 12.0 Å². The molecule has 0 bridgehead atoms. The Hall–Kier alpha value is -1.42. The van der Waals surface area contributed by atoms with E-state index in [0.29, 0.717) is 13.0 Å². The Morgan fingerprint density at radius 2 is 2.35 bits per heavy atom. The maximum atomic E-state index is 12.1. The van der Waals surface area contributed by atoms with Crippen molar-refractivity contribution in [1.29, 1.82) is 0 Å². The van der Waals surface area contributed by atoms with Gasteiger partial charge in [-0.2, -0.15) is 0 Å². The van der Waals surface area contributed by atoms with E-state index < -0.39 is 0 Å². The molecule has 0 saturated heterocycles. The van der Waals surface area contributed by atoms with Crippen LogP contribution in [0.4, 0.5) is 0 Å². The van der Waals surface area contributed by atoms with Crippen LogP contribution in [0.15, 0.2) is 24.5 Å². The van der Waals surface area contributed by atoms with E-state index in [1.807, 2.05) is 26.0 Å². The Morgan fingerprint density at radius 1 is 1.59 bits per heavy atom. The minimum atomic E-state index is -0.192. The lowest BCUT2D eigenvalue weighted by molar-refractivity contribution is -0.123. The van der Waals surface area contributed by atoms with Gasteiger partial charge in [0.05, 0.1) is 5.92 Å². The number of aromatic nitrogens is 1. The number of hydrogen-bond acceptors (Lipinski definition) is 3. The number of nitrogens with zero attached hydrogens (tertiary/aromatic N) is 1. The highest BCUT2D eigenvalue weighted by Gasteiger charge is 2.20. The largest absolute Gasteiger partial charge is 0.353 e. The first kappa shape index (κ1) is 13.6. The van der Waals surface area contributed by atoms with E-state index in [2.05, 4.69) is 10.3 Å². The van der Waals surface area contributed by atoms with Crippen molar-refractivity contribution < 1.29 is 4.79 Å². The second kappa shape index (κ2) is 7.01. The van der Waals surface area contributed by atoms with E-state index in [-0.39, 0.29) is 17.9 Å². The third-order valence-electron chi connectivity index (χ3n) is 2.86. The zero-order valence-electron chi connectivity index (χ0n) is 10.5. The summed E-state index contributed by atoms with van der Waals surface area (Å²) in [6.07, 6.45) is 5.01. The number of nitrogens with two attached hydrogens (primary N) is 1. The maximum Gasteiger partial charge on any atom is 0.227 e. The average molecular weight is 235 g/mol.